The zero-order valence-corrected chi connectivity index (χ0v) is 12.0. The molecule has 1 aromatic carbocycles. The van der Waals surface area contributed by atoms with Gasteiger partial charge in [0.05, 0.1) is 6.61 Å². The molecular weight excluding hydrogens is 300 g/mol. The lowest BCUT2D eigenvalue weighted by atomic mass is 10.3. The van der Waals surface area contributed by atoms with Crippen LogP contribution in [0.2, 0.25) is 0 Å². The van der Waals surface area contributed by atoms with E-state index in [0.29, 0.717) is 18.0 Å². The maximum atomic E-state index is 11.5. The average molecular weight is 317 g/mol. The molecule has 0 radical (unpaired) electrons. The number of nitrogens with one attached hydrogen (secondary N) is 1. The van der Waals surface area contributed by atoms with E-state index in [9.17, 15) is 4.79 Å². The van der Waals surface area contributed by atoms with Crippen LogP contribution in [0.5, 0.6) is 5.75 Å². The highest BCUT2D eigenvalue weighted by Crippen LogP contribution is 2.22. The van der Waals surface area contributed by atoms with Gasteiger partial charge in [-0.25, -0.2) is 0 Å². The van der Waals surface area contributed by atoms with Crippen molar-refractivity contribution in [3.8, 4) is 5.75 Å². The van der Waals surface area contributed by atoms with Crippen LogP contribution in [-0.2, 0) is 9.53 Å². The molecule has 5 nitrogen and oxygen atoms in total. The highest BCUT2D eigenvalue weighted by Gasteiger charge is 2.08. The summed E-state index contributed by atoms with van der Waals surface area (Å²) in [5, 5.41) is 2.75. The van der Waals surface area contributed by atoms with Gasteiger partial charge >= 0.3 is 0 Å². The average Bonchev–Trinajstić information content (AvgIpc) is 2.25. The molecule has 0 heterocycles. The molecule has 18 heavy (non-hydrogen) atoms. The van der Waals surface area contributed by atoms with Crippen LogP contribution in [0, 0.1) is 0 Å². The van der Waals surface area contributed by atoms with Crippen molar-refractivity contribution in [1.82, 2.24) is 5.32 Å². The SMILES string of the molecule is COCC(C)NC(=O)COc1cc(N)cc(Br)c1. The molecule has 0 aliphatic rings. The number of carbonyl (C=O) groups excluding carboxylic acids is 1. The quantitative estimate of drug-likeness (QED) is 0.781. The van der Waals surface area contributed by atoms with Crippen LogP contribution in [0.3, 0.4) is 0 Å². The third kappa shape index (κ3) is 5.37. The lowest BCUT2D eigenvalue weighted by molar-refractivity contribution is -0.124. The summed E-state index contributed by atoms with van der Waals surface area (Å²) in [6.07, 6.45) is 0. The van der Waals surface area contributed by atoms with Gasteiger partial charge in [0.1, 0.15) is 5.75 Å². The van der Waals surface area contributed by atoms with E-state index in [1.807, 2.05) is 6.92 Å². The Bertz CT molecular complexity index is 392. The minimum atomic E-state index is -0.196. The fraction of sp³-hybridized carbons (Fsp3) is 0.417. The van der Waals surface area contributed by atoms with Crippen molar-refractivity contribution >= 4 is 27.5 Å². The predicted molar refractivity (Wildman–Crippen MR) is 73.5 cm³/mol. The Hall–Kier alpha value is -1.27. The van der Waals surface area contributed by atoms with E-state index in [1.54, 1.807) is 25.3 Å². The summed E-state index contributed by atoms with van der Waals surface area (Å²) < 4.78 is 11.1. The molecule has 0 aliphatic heterocycles. The van der Waals surface area contributed by atoms with Crippen molar-refractivity contribution < 1.29 is 14.3 Å². The van der Waals surface area contributed by atoms with Gasteiger partial charge in [0.15, 0.2) is 6.61 Å². The first kappa shape index (κ1) is 14.8. The smallest absolute Gasteiger partial charge is 0.258 e. The van der Waals surface area contributed by atoms with Gasteiger partial charge in [-0.15, -0.1) is 0 Å². The van der Waals surface area contributed by atoms with E-state index in [4.69, 9.17) is 15.2 Å². The van der Waals surface area contributed by atoms with Crippen LogP contribution < -0.4 is 15.8 Å². The van der Waals surface area contributed by atoms with E-state index < -0.39 is 0 Å². The normalized spacial score (nSPS) is 11.9. The zero-order chi connectivity index (χ0) is 13.5. The molecule has 0 saturated heterocycles. The fourth-order valence-corrected chi connectivity index (χ4v) is 1.91. The van der Waals surface area contributed by atoms with Crippen LogP contribution in [0.15, 0.2) is 22.7 Å². The zero-order valence-electron chi connectivity index (χ0n) is 10.4. The number of amides is 1. The first-order valence-electron chi connectivity index (χ1n) is 5.48. The molecule has 100 valence electrons. The predicted octanol–water partition coefficient (Wildman–Crippen LogP) is 1.56. The summed E-state index contributed by atoms with van der Waals surface area (Å²) >= 11 is 3.30. The summed E-state index contributed by atoms with van der Waals surface area (Å²) in [7, 11) is 1.59. The first-order valence-corrected chi connectivity index (χ1v) is 6.27. The number of hydrogen-bond donors (Lipinski definition) is 2. The summed E-state index contributed by atoms with van der Waals surface area (Å²) in [6.45, 7) is 2.28. The molecule has 3 N–H and O–H groups in total. The second-order valence-corrected chi connectivity index (χ2v) is 4.85. The molecule has 1 rings (SSSR count). The summed E-state index contributed by atoms with van der Waals surface area (Å²) in [5.41, 5.74) is 6.24. The number of nitrogen functional groups attached to an aromatic ring is 1. The van der Waals surface area contributed by atoms with Crippen molar-refractivity contribution in [2.45, 2.75) is 13.0 Å². The number of hydrogen-bond acceptors (Lipinski definition) is 4. The largest absolute Gasteiger partial charge is 0.484 e. The van der Waals surface area contributed by atoms with Crippen molar-refractivity contribution in [2.24, 2.45) is 0 Å². The van der Waals surface area contributed by atoms with Gasteiger partial charge in [-0.1, -0.05) is 15.9 Å². The van der Waals surface area contributed by atoms with Crippen molar-refractivity contribution in [2.75, 3.05) is 26.1 Å². The Morgan fingerprint density at radius 1 is 1.50 bits per heavy atom. The van der Waals surface area contributed by atoms with Crippen LogP contribution >= 0.6 is 15.9 Å². The number of anilines is 1. The number of methoxy groups -OCH3 is 1. The van der Waals surface area contributed by atoms with Crippen LogP contribution in [-0.4, -0.2) is 32.3 Å². The number of ether oxygens (including phenoxy) is 2. The molecule has 0 spiro atoms. The van der Waals surface area contributed by atoms with Gasteiger partial charge in [0.25, 0.3) is 5.91 Å². The number of carbonyl (C=O) groups is 1. The molecule has 6 heteroatoms. The van der Waals surface area contributed by atoms with E-state index in [1.165, 1.54) is 0 Å². The van der Waals surface area contributed by atoms with Gasteiger partial charge in [-0.2, -0.15) is 0 Å². The van der Waals surface area contributed by atoms with Crippen LogP contribution in [0.25, 0.3) is 0 Å². The third-order valence-corrected chi connectivity index (χ3v) is 2.55. The number of halogens is 1. The van der Waals surface area contributed by atoms with E-state index >= 15 is 0 Å². The van der Waals surface area contributed by atoms with Crippen LogP contribution in [0.1, 0.15) is 6.92 Å². The molecule has 1 aromatic rings. The van der Waals surface area contributed by atoms with Crippen molar-refractivity contribution in [3.63, 3.8) is 0 Å². The Morgan fingerprint density at radius 3 is 2.83 bits per heavy atom. The topological polar surface area (TPSA) is 73.6 Å². The van der Waals surface area contributed by atoms with Crippen LogP contribution in [0.4, 0.5) is 5.69 Å². The summed E-state index contributed by atoms with van der Waals surface area (Å²) in [5.74, 6) is 0.356. The molecular formula is C12H17BrN2O3. The highest BCUT2D eigenvalue weighted by atomic mass is 79.9. The maximum absolute atomic E-state index is 11.5. The number of rotatable bonds is 6. The highest BCUT2D eigenvalue weighted by molar-refractivity contribution is 9.10. The maximum Gasteiger partial charge on any atom is 0.258 e. The lowest BCUT2D eigenvalue weighted by Crippen LogP contribution is -2.38. The Labute approximate surface area is 115 Å². The molecule has 1 amide bonds. The monoisotopic (exact) mass is 316 g/mol. The van der Waals surface area contributed by atoms with Gasteiger partial charge in [-0.05, 0) is 19.1 Å². The van der Waals surface area contributed by atoms with E-state index in [0.717, 1.165) is 4.47 Å². The fourth-order valence-electron chi connectivity index (χ4n) is 1.42. The lowest BCUT2D eigenvalue weighted by Gasteiger charge is -2.13. The Morgan fingerprint density at radius 2 is 2.22 bits per heavy atom. The summed E-state index contributed by atoms with van der Waals surface area (Å²) in [4.78, 5) is 11.5. The molecule has 0 aliphatic carbocycles. The molecule has 1 unspecified atom stereocenters. The molecule has 0 fully saturated rings. The van der Waals surface area contributed by atoms with E-state index in [2.05, 4.69) is 21.2 Å². The van der Waals surface area contributed by atoms with Gasteiger partial charge in [-0.3, -0.25) is 4.79 Å². The summed E-state index contributed by atoms with van der Waals surface area (Å²) in [6, 6.07) is 5.13. The molecule has 0 bridgehead atoms. The standard InChI is InChI=1S/C12H17BrN2O3/c1-8(6-17-2)15-12(16)7-18-11-4-9(13)3-10(14)5-11/h3-5,8H,6-7,14H2,1-2H3,(H,15,16). The van der Waals surface area contributed by atoms with Gasteiger partial charge in [0.2, 0.25) is 0 Å². The number of nitrogens with two attached hydrogens (primary N) is 1. The second-order valence-electron chi connectivity index (χ2n) is 3.93. The van der Waals surface area contributed by atoms with E-state index in [-0.39, 0.29) is 18.6 Å². The van der Waals surface area contributed by atoms with Crippen molar-refractivity contribution in [1.29, 1.82) is 0 Å². The first-order chi connectivity index (χ1) is 8.51. The Kier molecular flexibility index (Phi) is 5.94. The minimum Gasteiger partial charge on any atom is -0.484 e. The second kappa shape index (κ2) is 7.23. The van der Waals surface area contributed by atoms with Gasteiger partial charge in [0, 0.05) is 29.4 Å². The third-order valence-electron chi connectivity index (χ3n) is 2.09. The molecule has 0 aromatic heterocycles. The number of benzene rings is 1. The van der Waals surface area contributed by atoms with Crippen molar-refractivity contribution in [3.05, 3.63) is 22.7 Å². The minimum absolute atomic E-state index is 0.0429. The Balaban J connectivity index is 2.42. The van der Waals surface area contributed by atoms with Gasteiger partial charge < -0.3 is 20.5 Å². The molecule has 1 atom stereocenters. The molecule has 0 saturated carbocycles.